The van der Waals surface area contributed by atoms with E-state index in [2.05, 4.69) is 51.7 Å². The van der Waals surface area contributed by atoms with E-state index in [1.54, 1.807) is 7.05 Å². The van der Waals surface area contributed by atoms with Crippen LogP contribution < -0.4 is 10.6 Å². The van der Waals surface area contributed by atoms with Crippen LogP contribution >= 0.6 is 0 Å². The van der Waals surface area contributed by atoms with Gasteiger partial charge in [-0.25, -0.2) is 0 Å². The molecule has 5 heteroatoms. The van der Waals surface area contributed by atoms with E-state index in [1.807, 2.05) is 38.2 Å². The highest BCUT2D eigenvalue weighted by molar-refractivity contribution is 5.94. The Hall–Kier alpha value is -2.82. The molecule has 0 aliphatic carbocycles. The van der Waals surface area contributed by atoms with Gasteiger partial charge in [-0.1, -0.05) is 42.0 Å². The molecule has 0 saturated heterocycles. The van der Waals surface area contributed by atoms with Gasteiger partial charge in [0.15, 0.2) is 5.96 Å². The van der Waals surface area contributed by atoms with Gasteiger partial charge in [0.1, 0.15) is 0 Å². The number of nitrogens with one attached hydrogen (secondary N) is 2. The minimum absolute atomic E-state index is 0.0461. The first kappa shape index (κ1) is 19.5. The topological polar surface area (TPSA) is 56.7 Å². The molecule has 0 bridgehead atoms. The molecule has 0 aromatic heterocycles. The van der Waals surface area contributed by atoms with Crippen LogP contribution in [0.25, 0.3) is 0 Å². The summed E-state index contributed by atoms with van der Waals surface area (Å²) >= 11 is 0. The van der Waals surface area contributed by atoms with Gasteiger partial charge >= 0.3 is 0 Å². The Bertz CT molecular complexity index is 753. The van der Waals surface area contributed by atoms with Gasteiger partial charge in [0, 0.05) is 39.3 Å². The van der Waals surface area contributed by atoms with E-state index < -0.39 is 0 Å². The number of hydrogen-bond donors (Lipinski definition) is 2. The van der Waals surface area contributed by atoms with Crippen molar-refractivity contribution in [2.75, 3.05) is 20.6 Å². The van der Waals surface area contributed by atoms with Gasteiger partial charge in [-0.15, -0.1) is 0 Å². The van der Waals surface area contributed by atoms with Crippen LogP contribution in [0.5, 0.6) is 0 Å². The van der Waals surface area contributed by atoms with Crippen LogP contribution in [0.4, 0.5) is 0 Å². The van der Waals surface area contributed by atoms with Crippen molar-refractivity contribution < 1.29 is 4.79 Å². The van der Waals surface area contributed by atoms with Crippen molar-refractivity contribution >= 4 is 11.9 Å². The highest BCUT2D eigenvalue weighted by Gasteiger charge is 2.08. The third-order valence-electron chi connectivity index (χ3n) is 4.09. The van der Waals surface area contributed by atoms with Crippen LogP contribution in [0.2, 0.25) is 0 Å². The summed E-state index contributed by atoms with van der Waals surface area (Å²) in [6, 6.07) is 16.1. The Morgan fingerprint density at radius 3 is 2.46 bits per heavy atom. The smallest absolute Gasteiger partial charge is 0.251 e. The predicted molar refractivity (Wildman–Crippen MR) is 107 cm³/mol. The molecule has 26 heavy (non-hydrogen) atoms. The van der Waals surface area contributed by atoms with E-state index in [-0.39, 0.29) is 5.91 Å². The van der Waals surface area contributed by atoms with E-state index in [0.717, 1.165) is 18.1 Å². The van der Waals surface area contributed by atoms with Crippen LogP contribution in [0.1, 0.15) is 34.0 Å². The average Bonchev–Trinajstić information content (AvgIpc) is 2.64. The maximum atomic E-state index is 12.0. The van der Waals surface area contributed by atoms with Crippen molar-refractivity contribution in [2.45, 2.75) is 26.9 Å². The van der Waals surface area contributed by atoms with Gasteiger partial charge in [-0.05, 0) is 37.1 Å². The minimum Gasteiger partial charge on any atom is -0.352 e. The second kappa shape index (κ2) is 9.61. The number of rotatable bonds is 6. The van der Waals surface area contributed by atoms with E-state index in [4.69, 9.17) is 0 Å². The molecule has 0 fully saturated rings. The molecule has 0 unspecified atom stereocenters. The number of benzene rings is 2. The van der Waals surface area contributed by atoms with Crippen molar-refractivity contribution in [2.24, 2.45) is 4.99 Å². The molecule has 0 radical (unpaired) electrons. The Morgan fingerprint density at radius 1 is 1.08 bits per heavy atom. The molecule has 0 spiro atoms. The highest BCUT2D eigenvalue weighted by Crippen LogP contribution is 2.08. The molecule has 2 aromatic carbocycles. The third-order valence-corrected chi connectivity index (χ3v) is 4.09. The fraction of sp³-hybridized carbons (Fsp3) is 0.333. The zero-order valence-corrected chi connectivity index (χ0v) is 16.0. The Morgan fingerprint density at radius 2 is 1.81 bits per heavy atom. The van der Waals surface area contributed by atoms with Gasteiger partial charge in [0.2, 0.25) is 0 Å². The molecule has 0 aliphatic heterocycles. The van der Waals surface area contributed by atoms with Crippen molar-refractivity contribution in [3.05, 3.63) is 70.8 Å². The summed E-state index contributed by atoms with van der Waals surface area (Å²) in [6.45, 7) is 6.01. The van der Waals surface area contributed by atoms with Crippen molar-refractivity contribution in [1.82, 2.24) is 15.5 Å². The summed E-state index contributed by atoms with van der Waals surface area (Å²) in [5.74, 6) is 0.768. The van der Waals surface area contributed by atoms with Crippen LogP contribution in [-0.4, -0.2) is 37.4 Å². The molecule has 2 aromatic rings. The number of carbonyl (C=O) groups is 1. The highest BCUT2D eigenvalue weighted by atomic mass is 16.1. The molecule has 138 valence electrons. The second-order valence-electron chi connectivity index (χ2n) is 6.30. The summed E-state index contributed by atoms with van der Waals surface area (Å²) in [5, 5.41) is 6.18. The summed E-state index contributed by atoms with van der Waals surface area (Å²) in [5.41, 5.74) is 4.21. The van der Waals surface area contributed by atoms with Crippen LogP contribution in [0.15, 0.2) is 53.5 Å². The monoisotopic (exact) mass is 352 g/mol. The van der Waals surface area contributed by atoms with E-state index >= 15 is 0 Å². The van der Waals surface area contributed by atoms with E-state index in [9.17, 15) is 4.79 Å². The Balaban J connectivity index is 1.97. The van der Waals surface area contributed by atoms with Crippen LogP contribution in [0, 0.1) is 6.92 Å². The quantitative estimate of drug-likeness (QED) is 0.621. The van der Waals surface area contributed by atoms with Gasteiger partial charge in [-0.2, -0.15) is 0 Å². The molecular formula is C21H28N4O. The lowest BCUT2D eigenvalue weighted by Crippen LogP contribution is -2.38. The SMILES string of the molecule is CCNC(=O)c1cccc(CNC(=NC)N(C)Cc2ccc(C)cc2)c1. The molecule has 1 amide bonds. The van der Waals surface area contributed by atoms with Gasteiger partial charge in [-0.3, -0.25) is 9.79 Å². The number of nitrogens with zero attached hydrogens (tertiary/aromatic N) is 2. The van der Waals surface area contributed by atoms with Crippen LogP contribution in [-0.2, 0) is 13.1 Å². The first-order valence-electron chi connectivity index (χ1n) is 8.88. The van der Waals surface area contributed by atoms with Gasteiger partial charge in [0.25, 0.3) is 5.91 Å². The van der Waals surface area contributed by atoms with Crippen LogP contribution in [0.3, 0.4) is 0 Å². The fourth-order valence-corrected chi connectivity index (χ4v) is 2.69. The lowest BCUT2D eigenvalue weighted by molar-refractivity contribution is 0.0955. The zero-order chi connectivity index (χ0) is 18.9. The molecule has 5 nitrogen and oxygen atoms in total. The Labute approximate surface area is 156 Å². The normalized spacial score (nSPS) is 11.2. The number of aliphatic imine (C=N–C) groups is 1. The molecule has 0 heterocycles. The minimum atomic E-state index is -0.0461. The van der Waals surface area contributed by atoms with Gasteiger partial charge in [0.05, 0.1) is 0 Å². The fourth-order valence-electron chi connectivity index (χ4n) is 2.69. The molecule has 0 saturated carbocycles. The molecular weight excluding hydrogens is 324 g/mol. The van der Waals surface area contributed by atoms with Gasteiger partial charge < -0.3 is 15.5 Å². The molecule has 2 N–H and O–H groups in total. The summed E-state index contributed by atoms with van der Waals surface area (Å²) in [4.78, 5) is 18.4. The first-order chi connectivity index (χ1) is 12.5. The van der Waals surface area contributed by atoms with Crippen molar-refractivity contribution in [3.8, 4) is 0 Å². The standard InChI is InChI=1S/C21H28N4O/c1-5-23-20(26)19-8-6-7-18(13-19)14-24-21(22-3)25(4)15-17-11-9-16(2)10-12-17/h6-13H,5,14-15H2,1-4H3,(H,22,24)(H,23,26). The maximum absolute atomic E-state index is 12.0. The molecule has 2 rings (SSSR count). The summed E-state index contributed by atoms with van der Waals surface area (Å²) in [7, 11) is 3.79. The average molecular weight is 352 g/mol. The number of carbonyl (C=O) groups excluding carboxylic acids is 1. The predicted octanol–water partition coefficient (Wildman–Crippen LogP) is 2.95. The number of amides is 1. The zero-order valence-electron chi connectivity index (χ0n) is 16.0. The third kappa shape index (κ3) is 5.62. The number of hydrogen-bond acceptors (Lipinski definition) is 2. The maximum Gasteiger partial charge on any atom is 0.251 e. The largest absolute Gasteiger partial charge is 0.352 e. The van der Waals surface area contributed by atoms with E-state index in [0.29, 0.717) is 18.7 Å². The summed E-state index contributed by atoms with van der Waals surface area (Å²) < 4.78 is 0. The second-order valence-corrected chi connectivity index (χ2v) is 6.30. The summed E-state index contributed by atoms with van der Waals surface area (Å²) in [6.07, 6.45) is 0. The first-order valence-corrected chi connectivity index (χ1v) is 8.88. The number of guanidine groups is 1. The van der Waals surface area contributed by atoms with Crippen molar-refractivity contribution in [1.29, 1.82) is 0 Å². The van der Waals surface area contributed by atoms with Crippen molar-refractivity contribution in [3.63, 3.8) is 0 Å². The Kier molecular flexibility index (Phi) is 7.21. The number of aryl methyl sites for hydroxylation is 1. The lowest BCUT2D eigenvalue weighted by atomic mass is 10.1. The lowest BCUT2D eigenvalue weighted by Gasteiger charge is -2.22. The molecule has 0 aliphatic rings. The molecule has 0 atom stereocenters. The van der Waals surface area contributed by atoms with E-state index in [1.165, 1.54) is 11.1 Å².